The molecular formula is C16H19ClN2O7. The highest BCUT2D eigenvalue weighted by atomic mass is 35.5. The van der Waals surface area contributed by atoms with Gasteiger partial charge < -0.3 is 30.0 Å². The van der Waals surface area contributed by atoms with Crippen LogP contribution in [0.2, 0.25) is 5.02 Å². The Hall–Kier alpha value is -2.52. The van der Waals surface area contributed by atoms with Crippen LogP contribution in [-0.2, 0) is 14.3 Å². The number of ether oxygens (including phenoxy) is 3. The third-order valence-corrected chi connectivity index (χ3v) is 3.94. The number of amides is 2. The molecule has 0 bridgehead atoms. The minimum atomic E-state index is -1.14. The number of carboxylic acid groups (broad SMARTS) is 1. The van der Waals surface area contributed by atoms with Gasteiger partial charge >= 0.3 is 5.97 Å². The van der Waals surface area contributed by atoms with Crippen LogP contribution < -0.4 is 15.2 Å². The number of carboxylic acids is 1. The van der Waals surface area contributed by atoms with E-state index in [1.165, 1.54) is 24.1 Å². The predicted molar refractivity (Wildman–Crippen MR) is 90.6 cm³/mol. The minimum Gasteiger partial charge on any atom is -0.493 e. The van der Waals surface area contributed by atoms with Crippen molar-refractivity contribution in [2.24, 2.45) is 5.73 Å². The number of primary amides is 1. The highest BCUT2D eigenvalue weighted by molar-refractivity contribution is 6.32. The molecule has 1 fully saturated rings. The molecular weight excluding hydrogens is 368 g/mol. The van der Waals surface area contributed by atoms with Crippen LogP contribution in [0.1, 0.15) is 17.3 Å². The Bertz CT molecular complexity index is 725. The average molecular weight is 387 g/mol. The molecule has 0 radical (unpaired) electrons. The highest BCUT2D eigenvalue weighted by Gasteiger charge is 2.33. The number of methoxy groups -OCH3 is 1. The summed E-state index contributed by atoms with van der Waals surface area (Å²) < 4.78 is 15.7. The fourth-order valence-electron chi connectivity index (χ4n) is 2.56. The van der Waals surface area contributed by atoms with Gasteiger partial charge in [-0.3, -0.25) is 9.59 Å². The molecule has 1 aliphatic rings. The SMILES string of the molecule is COc1cc(C(=O)N2CC(C(=O)O)O[C@H](C)C2)cc(Cl)c1OCC(N)=O. The summed E-state index contributed by atoms with van der Waals surface area (Å²) in [5, 5.41) is 9.19. The van der Waals surface area contributed by atoms with Gasteiger partial charge in [-0.25, -0.2) is 4.79 Å². The Balaban J connectivity index is 2.27. The maximum Gasteiger partial charge on any atom is 0.334 e. The Labute approximate surface area is 154 Å². The number of hydrogen-bond donors (Lipinski definition) is 2. The summed E-state index contributed by atoms with van der Waals surface area (Å²) in [6.07, 6.45) is -1.53. The number of aliphatic carboxylic acids is 1. The molecule has 0 saturated carbocycles. The van der Waals surface area contributed by atoms with Crippen molar-refractivity contribution in [2.45, 2.75) is 19.1 Å². The van der Waals surface area contributed by atoms with E-state index < -0.39 is 36.6 Å². The number of halogens is 1. The van der Waals surface area contributed by atoms with Gasteiger partial charge in [-0.1, -0.05) is 11.6 Å². The van der Waals surface area contributed by atoms with Crippen molar-refractivity contribution in [3.8, 4) is 11.5 Å². The first-order valence-corrected chi connectivity index (χ1v) is 8.07. The quantitative estimate of drug-likeness (QED) is 0.729. The summed E-state index contributed by atoms with van der Waals surface area (Å²) in [5.41, 5.74) is 5.23. The molecule has 0 spiro atoms. The van der Waals surface area contributed by atoms with Gasteiger partial charge in [0.2, 0.25) is 0 Å². The Morgan fingerprint density at radius 1 is 1.38 bits per heavy atom. The van der Waals surface area contributed by atoms with Crippen molar-refractivity contribution in [3.05, 3.63) is 22.7 Å². The van der Waals surface area contributed by atoms with E-state index in [-0.39, 0.29) is 35.2 Å². The van der Waals surface area contributed by atoms with Crippen LogP contribution in [0.3, 0.4) is 0 Å². The molecule has 2 rings (SSSR count). The average Bonchev–Trinajstić information content (AvgIpc) is 2.58. The second-order valence-electron chi connectivity index (χ2n) is 5.73. The lowest BCUT2D eigenvalue weighted by atomic mass is 10.1. The van der Waals surface area contributed by atoms with Crippen LogP contribution in [-0.4, -0.2) is 66.8 Å². The second kappa shape index (κ2) is 8.24. The summed E-state index contributed by atoms with van der Waals surface area (Å²) in [7, 11) is 1.36. The number of nitrogens with two attached hydrogens (primary N) is 1. The van der Waals surface area contributed by atoms with Crippen molar-refractivity contribution in [1.29, 1.82) is 0 Å². The standard InChI is InChI=1S/C16H19ClN2O7/c1-8-5-19(6-12(26-8)16(22)23)15(21)9-3-10(17)14(11(4-9)24-2)25-7-13(18)20/h3-4,8,12H,5-7H2,1-2H3,(H2,18,20)(H,22,23)/t8-,12?/m1/s1. The molecule has 1 heterocycles. The van der Waals surface area contributed by atoms with Gasteiger partial charge in [0.25, 0.3) is 11.8 Å². The number of benzene rings is 1. The molecule has 2 atom stereocenters. The molecule has 1 unspecified atom stereocenters. The van der Waals surface area contributed by atoms with E-state index in [0.717, 1.165) is 0 Å². The predicted octanol–water partition coefficient (Wildman–Crippen LogP) is 0.527. The van der Waals surface area contributed by atoms with Crippen LogP contribution in [0, 0.1) is 0 Å². The van der Waals surface area contributed by atoms with E-state index in [4.69, 9.17) is 36.7 Å². The maximum absolute atomic E-state index is 12.8. The van der Waals surface area contributed by atoms with Gasteiger partial charge in [0.1, 0.15) is 0 Å². The lowest BCUT2D eigenvalue weighted by Crippen LogP contribution is -2.51. The molecule has 0 aromatic heterocycles. The molecule has 1 aromatic rings. The first kappa shape index (κ1) is 19.8. The lowest BCUT2D eigenvalue weighted by molar-refractivity contribution is -0.160. The summed E-state index contributed by atoms with van der Waals surface area (Å²) in [6.45, 7) is 1.44. The summed E-state index contributed by atoms with van der Waals surface area (Å²) in [4.78, 5) is 36.2. The van der Waals surface area contributed by atoms with Crippen molar-refractivity contribution < 1.29 is 33.7 Å². The number of hydrogen-bond acceptors (Lipinski definition) is 6. The molecule has 10 heteroatoms. The van der Waals surface area contributed by atoms with Crippen molar-refractivity contribution in [2.75, 3.05) is 26.8 Å². The van der Waals surface area contributed by atoms with E-state index in [2.05, 4.69) is 0 Å². The first-order valence-electron chi connectivity index (χ1n) is 7.69. The van der Waals surface area contributed by atoms with Gasteiger partial charge in [-0.05, 0) is 19.1 Å². The zero-order chi connectivity index (χ0) is 19.4. The largest absolute Gasteiger partial charge is 0.493 e. The zero-order valence-electron chi connectivity index (χ0n) is 14.2. The Kier molecular flexibility index (Phi) is 6.27. The monoisotopic (exact) mass is 386 g/mol. The molecule has 0 aliphatic carbocycles. The molecule has 9 nitrogen and oxygen atoms in total. The van der Waals surface area contributed by atoms with Gasteiger partial charge in [-0.15, -0.1) is 0 Å². The molecule has 2 amide bonds. The van der Waals surface area contributed by atoms with Crippen molar-refractivity contribution >= 4 is 29.4 Å². The van der Waals surface area contributed by atoms with Crippen molar-refractivity contribution in [1.82, 2.24) is 4.90 Å². The summed E-state index contributed by atoms with van der Waals surface area (Å²) >= 11 is 6.14. The molecule has 1 aliphatic heterocycles. The summed E-state index contributed by atoms with van der Waals surface area (Å²) in [5.74, 6) is -2.01. The van der Waals surface area contributed by atoms with E-state index >= 15 is 0 Å². The van der Waals surface area contributed by atoms with Gasteiger partial charge in [0, 0.05) is 12.1 Å². The normalized spacial score (nSPS) is 19.7. The smallest absolute Gasteiger partial charge is 0.334 e. The third-order valence-electron chi connectivity index (χ3n) is 3.66. The van der Waals surface area contributed by atoms with E-state index in [1.807, 2.05) is 0 Å². The highest BCUT2D eigenvalue weighted by Crippen LogP contribution is 2.37. The van der Waals surface area contributed by atoms with E-state index in [0.29, 0.717) is 0 Å². The van der Waals surface area contributed by atoms with Crippen LogP contribution in [0.5, 0.6) is 11.5 Å². The lowest BCUT2D eigenvalue weighted by Gasteiger charge is -2.35. The number of morpholine rings is 1. The molecule has 3 N–H and O–H groups in total. The molecule has 1 saturated heterocycles. The van der Waals surface area contributed by atoms with Crippen LogP contribution >= 0.6 is 11.6 Å². The first-order chi connectivity index (χ1) is 12.2. The van der Waals surface area contributed by atoms with E-state index in [1.54, 1.807) is 6.92 Å². The Morgan fingerprint density at radius 3 is 2.65 bits per heavy atom. The molecule has 26 heavy (non-hydrogen) atoms. The number of carbonyl (C=O) groups is 3. The number of nitrogens with zero attached hydrogens (tertiary/aromatic N) is 1. The van der Waals surface area contributed by atoms with Crippen LogP contribution in [0.15, 0.2) is 12.1 Å². The van der Waals surface area contributed by atoms with E-state index in [9.17, 15) is 14.4 Å². The van der Waals surface area contributed by atoms with Gasteiger partial charge in [0.05, 0.1) is 24.8 Å². The number of carbonyl (C=O) groups excluding carboxylic acids is 2. The fourth-order valence-corrected chi connectivity index (χ4v) is 2.83. The number of rotatable bonds is 6. The zero-order valence-corrected chi connectivity index (χ0v) is 15.0. The third kappa shape index (κ3) is 4.55. The Morgan fingerprint density at radius 2 is 2.08 bits per heavy atom. The van der Waals surface area contributed by atoms with Gasteiger partial charge in [0.15, 0.2) is 24.2 Å². The molecule has 1 aromatic carbocycles. The molecule has 142 valence electrons. The maximum atomic E-state index is 12.8. The van der Waals surface area contributed by atoms with Crippen LogP contribution in [0.25, 0.3) is 0 Å². The topological polar surface area (TPSA) is 128 Å². The van der Waals surface area contributed by atoms with Crippen molar-refractivity contribution in [3.63, 3.8) is 0 Å². The minimum absolute atomic E-state index is 0.0602. The summed E-state index contributed by atoms with van der Waals surface area (Å²) in [6, 6.07) is 2.76. The second-order valence-corrected chi connectivity index (χ2v) is 6.14. The fraction of sp³-hybridized carbons (Fsp3) is 0.438. The van der Waals surface area contributed by atoms with Gasteiger partial charge in [-0.2, -0.15) is 0 Å². The van der Waals surface area contributed by atoms with Crippen LogP contribution in [0.4, 0.5) is 0 Å².